The summed E-state index contributed by atoms with van der Waals surface area (Å²) in [6.07, 6.45) is 9.42. The van der Waals surface area contributed by atoms with E-state index in [9.17, 15) is 9.90 Å². The van der Waals surface area contributed by atoms with Crippen molar-refractivity contribution in [3.05, 3.63) is 11.6 Å². The monoisotopic (exact) mass is 470 g/mol. The summed E-state index contributed by atoms with van der Waals surface area (Å²) in [4.78, 5) is 12.9. The van der Waals surface area contributed by atoms with Crippen molar-refractivity contribution < 1.29 is 19.4 Å². The van der Waals surface area contributed by atoms with E-state index in [4.69, 9.17) is 9.47 Å². The fourth-order valence-electron chi connectivity index (χ4n) is 10.4. The third-order valence-electron chi connectivity index (χ3n) is 12.7. The van der Waals surface area contributed by atoms with Gasteiger partial charge in [-0.15, -0.1) is 0 Å². The summed E-state index contributed by atoms with van der Waals surface area (Å²) < 4.78 is 12.6. The van der Waals surface area contributed by atoms with Crippen LogP contribution >= 0.6 is 0 Å². The summed E-state index contributed by atoms with van der Waals surface area (Å²) in [6, 6.07) is 0. The van der Waals surface area contributed by atoms with Crippen LogP contribution in [0.15, 0.2) is 11.6 Å². The normalized spacial score (nSPS) is 53.6. The summed E-state index contributed by atoms with van der Waals surface area (Å²) >= 11 is 0. The molecule has 34 heavy (non-hydrogen) atoms. The maximum atomic E-state index is 12.9. The van der Waals surface area contributed by atoms with Gasteiger partial charge in [0.1, 0.15) is 17.5 Å². The molecule has 2 heterocycles. The van der Waals surface area contributed by atoms with Gasteiger partial charge >= 0.3 is 0 Å². The van der Waals surface area contributed by atoms with Gasteiger partial charge in [0, 0.05) is 17.3 Å². The Balaban J connectivity index is 1.32. The lowest BCUT2D eigenvalue weighted by atomic mass is 9.41. The van der Waals surface area contributed by atoms with Crippen molar-refractivity contribution in [3.8, 4) is 0 Å². The summed E-state index contributed by atoms with van der Waals surface area (Å²) in [7, 11) is 0. The Kier molecular flexibility index (Phi) is 4.58. The molecule has 4 heteroatoms. The first kappa shape index (κ1) is 23.7. The van der Waals surface area contributed by atoms with Crippen LogP contribution in [-0.2, 0) is 14.3 Å². The van der Waals surface area contributed by atoms with Crippen LogP contribution in [0.3, 0.4) is 0 Å². The molecule has 4 aliphatic carbocycles. The van der Waals surface area contributed by atoms with Crippen LogP contribution in [0.4, 0.5) is 0 Å². The van der Waals surface area contributed by atoms with Gasteiger partial charge in [-0.05, 0) is 86.5 Å². The molecule has 190 valence electrons. The number of aliphatic hydroxyl groups excluding tert-OH is 1. The molecule has 6 rings (SSSR count). The minimum absolute atomic E-state index is 0.0178. The average Bonchev–Trinajstić information content (AvgIpc) is 3.59. The molecular formula is C30H46O4. The summed E-state index contributed by atoms with van der Waals surface area (Å²) in [5.41, 5.74) is 1.28. The van der Waals surface area contributed by atoms with Gasteiger partial charge in [0.25, 0.3) is 0 Å². The maximum absolute atomic E-state index is 12.9. The van der Waals surface area contributed by atoms with Crippen LogP contribution in [0.5, 0.6) is 0 Å². The van der Waals surface area contributed by atoms with Crippen molar-refractivity contribution in [2.24, 2.45) is 39.4 Å². The Morgan fingerprint density at radius 2 is 1.76 bits per heavy atom. The lowest BCUT2D eigenvalue weighted by Crippen LogP contribution is -2.61. The highest BCUT2D eigenvalue weighted by Gasteiger charge is 2.81. The zero-order valence-electron chi connectivity index (χ0n) is 22.7. The number of hydrogen-bond donors (Lipinski definition) is 1. The molecule has 5 fully saturated rings. The molecule has 0 radical (unpaired) electrons. The number of rotatable bonds is 4. The minimum Gasteiger partial charge on any atom is -0.390 e. The molecule has 0 bridgehead atoms. The quantitative estimate of drug-likeness (QED) is 0.413. The van der Waals surface area contributed by atoms with Crippen LogP contribution in [0.1, 0.15) is 100 Å². The molecule has 2 aliphatic heterocycles. The van der Waals surface area contributed by atoms with E-state index < -0.39 is 0 Å². The van der Waals surface area contributed by atoms with E-state index in [-0.39, 0.29) is 51.2 Å². The van der Waals surface area contributed by atoms with E-state index >= 15 is 0 Å². The van der Waals surface area contributed by atoms with Crippen LogP contribution in [0, 0.1) is 39.4 Å². The fraction of sp³-hybridized carbons (Fsp3) is 0.900. The standard InChI is InChI=1S/C30H46O4/c1-17(15-19(31)24-26(4,5)34-24)18-9-14-29(8)28(18,7)13-10-20-27(6)12-11-22(32)25(2,3)21(27)16-23-30(20,29)33-23/h10,17-19,21,23-24,31H,9,11-16H2,1-8H3/t17-,18-,19-,21?,23-,24+,27-,28+,29+,30+/m1/s1. The molecule has 0 aromatic carbocycles. The number of ketones is 1. The highest BCUT2D eigenvalue weighted by molar-refractivity contribution is 5.86. The van der Waals surface area contributed by atoms with Gasteiger partial charge in [-0.2, -0.15) is 0 Å². The number of carbonyl (C=O) groups excluding carboxylic acids is 1. The smallest absolute Gasteiger partial charge is 0.138 e. The predicted molar refractivity (Wildman–Crippen MR) is 132 cm³/mol. The number of epoxide rings is 2. The van der Waals surface area contributed by atoms with Gasteiger partial charge in [-0.3, -0.25) is 4.79 Å². The van der Waals surface area contributed by atoms with Gasteiger partial charge in [0.2, 0.25) is 0 Å². The van der Waals surface area contributed by atoms with E-state index in [1.165, 1.54) is 12.8 Å². The molecular weight excluding hydrogens is 424 g/mol. The van der Waals surface area contributed by atoms with Gasteiger partial charge < -0.3 is 14.6 Å². The second-order valence-corrected chi connectivity index (χ2v) is 14.8. The number of ether oxygens (including phenoxy) is 2. The minimum atomic E-state index is -0.380. The number of carbonyl (C=O) groups is 1. The van der Waals surface area contributed by atoms with Crippen molar-refractivity contribution in [2.75, 3.05) is 0 Å². The first-order chi connectivity index (χ1) is 15.7. The number of fused-ring (bicyclic) bond motifs is 3. The molecule has 2 saturated heterocycles. The molecule has 1 spiro atoms. The maximum Gasteiger partial charge on any atom is 0.138 e. The zero-order chi connectivity index (χ0) is 24.7. The second-order valence-electron chi connectivity index (χ2n) is 14.8. The Bertz CT molecular complexity index is 965. The van der Waals surface area contributed by atoms with E-state index in [1.807, 2.05) is 0 Å². The van der Waals surface area contributed by atoms with Gasteiger partial charge in [0.15, 0.2) is 0 Å². The molecule has 1 N–H and O–H groups in total. The SMILES string of the molecule is C[C@H](C[C@@H](O)[C@@H]1OC1(C)C)[C@H]1CC[C@@]2(C)[C@@]1(C)CC=C1[C@@]3(C)CCC(=O)C(C)(C)C3C[C@H]3O[C@@]132. The van der Waals surface area contributed by atoms with E-state index in [1.54, 1.807) is 5.57 Å². The molecule has 6 aliphatic rings. The van der Waals surface area contributed by atoms with E-state index in [0.717, 1.165) is 25.7 Å². The van der Waals surface area contributed by atoms with Crippen LogP contribution in [0.25, 0.3) is 0 Å². The summed E-state index contributed by atoms with van der Waals surface area (Å²) in [6.45, 7) is 18.4. The first-order valence-electron chi connectivity index (χ1n) is 13.9. The third-order valence-corrected chi connectivity index (χ3v) is 12.7. The molecule has 1 unspecified atom stereocenters. The zero-order valence-corrected chi connectivity index (χ0v) is 22.7. The fourth-order valence-corrected chi connectivity index (χ4v) is 10.4. The van der Waals surface area contributed by atoms with Crippen LogP contribution in [0.2, 0.25) is 0 Å². The van der Waals surface area contributed by atoms with Gasteiger partial charge in [0.05, 0.1) is 17.8 Å². The number of allylic oxidation sites excluding steroid dienone is 1. The Labute approximate surface area is 206 Å². The van der Waals surface area contributed by atoms with Crippen molar-refractivity contribution in [1.82, 2.24) is 0 Å². The first-order valence-corrected chi connectivity index (χ1v) is 13.9. The number of Topliss-reactive ketones (excluding diaryl/α,β-unsaturated/α-hetero) is 1. The summed E-state index contributed by atoms with van der Waals surface area (Å²) in [5.74, 6) is 1.82. The lowest BCUT2D eigenvalue weighted by Gasteiger charge is -2.61. The van der Waals surface area contributed by atoms with E-state index in [2.05, 4.69) is 61.5 Å². The van der Waals surface area contributed by atoms with Crippen molar-refractivity contribution in [1.29, 1.82) is 0 Å². The molecule has 0 aromatic rings. The highest BCUT2D eigenvalue weighted by atomic mass is 16.6. The van der Waals surface area contributed by atoms with E-state index in [0.29, 0.717) is 30.0 Å². The van der Waals surface area contributed by atoms with Crippen molar-refractivity contribution in [2.45, 2.75) is 130 Å². The third kappa shape index (κ3) is 2.59. The Morgan fingerprint density at radius 3 is 2.41 bits per heavy atom. The largest absolute Gasteiger partial charge is 0.390 e. The molecule has 0 aromatic heterocycles. The summed E-state index contributed by atoms with van der Waals surface area (Å²) in [5, 5.41) is 10.9. The van der Waals surface area contributed by atoms with Crippen LogP contribution < -0.4 is 0 Å². The van der Waals surface area contributed by atoms with Crippen molar-refractivity contribution >= 4 is 5.78 Å². The Morgan fingerprint density at radius 1 is 1.09 bits per heavy atom. The average molecular weight is 471 g/mol. The lowest BCUT2D eigenvalue weighted by molar-refractivity contribution is -0.140. The molecule has 10 atom stereocenters. The van der Waals surface area contributed by atoms with Crippen LogP contribution in [-0.4, -0.2) is 40.4 Å². The molecule has 3 saturated carbocycles. The molecule has 0 amide bonds. The number of aliphatic hydroxyl groups is 1. The van der Waals surface area contributed by atoms with Gasteiger partial charge in [-0.25, -0.2) is 0 Å². The predicted octanol–water partition coefficient (Wildman–Crippen LogP) is 5.86. The van der Waals surface area contributed by atoms with Crippen molar-refractivity contribution in [3.63, 3.8) is 0 Å². The van der Waals surface area contributed by atoms with Gasteiger partial charge in [-0.1, -0.05) is 47.6 Å². The Hall–Kier alpha value is -0.710. The topological polar surface area (TPSA) is 62.4 Å². The second kappa shape index (κ2) is 6.58. The highest BCUT2D eigenvalue weighted by Crippen LogP contribution is 2.80. The number of hydrogen-bond acceptors (Lipinski definition) is 4. The molecule has 4 nitrogen and oxygen atoms in total.